The highest BCUT2D eigenvalue weighted by molar-refractivity contribution is 5.37. The molecule has 3 rings (SSSR count). The van der Waals surface area contributed by atoms with Gasteiger partial charge in [-0.25, -0.2) is 0 Å². The highest BCUT2D eigenvalue weighted by atomic mass is 16.5. The van der Waals surface area contributed by atoms with Crippen molar-refractivity contribution in [3.8, 4) is 5.75 Å². The van der Waals surface area contributed by atoms with E-state index in [0.29, 0.717) is 0 Å². The summed E-state index contributed by atoms with van der Waals surface area (Å²) in [6.07, 6.45) is 3.31. The molecule has 1 saturated heterocycles. The molecule has 0 radical (unpaired) electrons. The zero-order chi connectivity index (χ0) is 13.1. The van der Waals surface area contributed by atoms with Gasteiger partial charge in [0.15, 0.2) is 0 Å². The van der Waals surface area contributed by atoms with Crippen molar-refractivity contribution in [3.63, 3.8) is 0 Å². The lowest BCUT2D eigenvalue weighted by Gasteiger charge is -2.33. The van der Waals surface area contributed by atoms with Crippen LogP contribution < -0.4 is 10.1 Å². The van der Waals surface area contributed by atoms with E-state index < -0.39 is 0 Å². The molecule has 1 aromatic rings. The largest absolute Gasteiger partial charge is 0.493 e. The van der Waals surface area contributed by atoms with Crippen molar-refractivity contribution < 1.29 is 9.47 Å². The molecule has 104 valence electrons. The van der Waals surface area contributed by atoms with E-state index in [1.807, 2.05) is 0 Å². The van der Waals surface area contributed by atoms with Crippen LogP contribution in [0.1, 0.15) is 30.9 Å². The summed E-state index contributed by atoms with van der Waals surface area (Å²) in [4.78, 5) is 0. The second-order valence-electron chi connectivity index (χ2n) is 6.07. The lowest BCUT2D eigenvalue weighted by molar-refractivity contribution is 0.000292. The Labute approximate surface area is 115 Å². The summed E-state index contributed by atoms with van der Waals surface area (Å²) in [7, 11) is 0. The van der Waals surface area contributed by atoms with Crippen molar-refractivity contribution >= 4 is 0 Å². The second kappa shape index (κ2) is 5.51. The van der Waals surface area contributed by atoms with Gasteiger partial charge in [0.05, 0.1) is 6.61 Å². The smallest absolute Gasteiger partial charge is 0.119 e. The van der Waals surface area contributed by atoms with E-state index in [4.69, 9.17) is 9.47 Å². The van der Waals surface area contributed by atoms with Crippen molar-refractivity contribution in [2.45, 2.75) is 32.7 Å². The molecule has 0 unspecified atom stereocenters. The topological polar surface area (TPSA) is 30.5 Å². The summed E-state index contributed by atoms with van der Waals surface area (Å²) in [5.74, 6) is 1.02. The Morgan fingerprint density at radius 3 is 2.95 bits per heavy atom. The van der Waals surface area contributed by atoms with Gasteiger partial charge < -0.3 is 14.8 Å². The fraction of sp³-hybridized carbons (Fsp3) is 0.625. The molecule has 2 aliphatic rings. The zero-order valence-electron chi connectivity index (χ0n) is 11.7. The monoisotopic (exact) mass is 261 g/mol. The van der Waals surface area contributed by atoms with Crippen molar-refractivity contribution in [1.29, 1.82) is 0 Å². The number of hydrogen-bond acceptors (Lipinski definition) is 3. The molecule has 1 fully saturated rings. The van der Waals surface area contributed by atoms with Crippen LogP contribution in [0.2, 0.25) is 0 Å². The third-order valence-electron chi connectivity index (χ3n) is 4.35. The molecule has 2 heterocycles. The van der Waals surface area contributed by atoms with Crippen LogP contribution in [0, 0.1) is 5.41 Å². The SMILES string of the molecule is CC1(COc2ccc3c(c2)CCNC3)CCOCC1. The van der Waals surface area contributed by atoms with Crippen LogP contribution in [0.15, 0.2) is 18.2 Å². The van der Waals surface area contributed by atoms with Crippen LogP contribution in [0.25, 0.3) is 0 Å². The number of ether oxygens (including phenoxy) is 2. The zero-order valence-corrected chi connectivity index (χ0v) is 11.7. The molecule has 0 bridgehead atoms. The summed E-state index contributed by atoms with van der Waals surface area (Å²) < 4.78 is 11.5. The molecule has 0 aromatic heterocycles. The standard InChI is InChI=1S/C16H23NO2/c1-16(5-8-18-9-6-16)12-19-15-3-2-14-11-17-7-4-13(14)10-15/h2-3,10,17H,4-9,11-12H2,1H3. The Morgan fingerprint density at radius 2 is 2.11 bits per heavy atom. The first-order valence-corrected chi connectivity index (χ1v) is 7.28. The average molecular weight is 261 g/mol. The third-order valence-corrected chi connectivity index (χ3v) is 4.35. The number of hydrogen-bond donors (Lipinski definition) is 1. The van der Waals surface area contributed by atoms with Crippen LogP contribution in [-0.2, 0) is 17.7 Å². The Hall–Kier alpha value is -1.06. The maximum Gasteiger partial charge on any atom is 0.119 e. The lowest BCUT2D eigenvalue weighted by atomic mass is 9.83. The van der Waals surface area contributed by atoms with Crippen molar-refractivity contribution in [2.75, 3.05) is 26.4 Å². The molecule has 1 N–H and O–H groups in total. The first kappa shape index (κ1) is 12.9. The molecule has 0 spiro atoms. The number of nitrogens with one attached hydrogen (secondary N) is 1. The first-order valence-electron chi connectivity index (χ1n) is 7.28. The van der Waals surface area contributed by atoms with Crippen LogP contribution in [0.3, 0.4) is 0 Å². The Morgan fingerprint density at radius 1 is 1.26 bits per heavy atom. The summed E-state index contributed by atoms with van der Waals surface area (Å²) in [5.41, 5.74) is 3.12. The molecule has 0 saturated carbocycles. The maximum atomic E-state index is 6.04. The number of fused-ring (bicyclic) bond motifs is 1. The van der Waals surface area contributed by atoms with E-state index in [2.05, 4.69) is 30.4 Å². The number of rotatable bonds is 3. The highest BCUT2D eigenvalue weighted by Crippen LogP contribution is 2.31. The van der Waals surface area contributed by atoms with Gasteiger partial charge in [0.25, 0.3) is 0 Å². The van der Waals surface area contributed by atoms with Gasteiger partial charge in [-0.15, -0.1) is 0 Å². The molecular weight excluding hydrogens is 238 g/mol. The Balaban J connectivity index is 1.63. The van der Waals surface area contributed by atoms with Gasteiger partial charge in [-0.05, 0) is 49.1 Å². The van der Waals surface area contributed by atoms with Crippen molar-refractivity contribution in [3.05, 3.63) is 29.3 Å². The third kappa shape index (κ3) is 3.10. The molecule has 19 heavy (non-hydrogen) atoms. The minimum atomic E-state index is 0.274. The van der Waals surface area contributed by atoms with E-state index in [0.717, 1.165) is 57.9 Å². The van der Waals surface area contributed by atoms with E-state index in [1.54, 1.807) is 0 Å². The Bertz CT molecular complexity index is 438. The normalized spacial score (nSPS) is 21.7. The van der Waals surface area contributed by atoms with E-state index in [-0.39, 0.29) is 5.41 Å². The molecule has 3 nitrogen and oxygen atoms in total. The quantitative estimate of drug-likeness (QED) is 0.907. The molecular formula is C16H23NO2. The Kier molecular flexibility index (Phi) is 3.76. The van der Waals surface area contributed by atoms with Crippen LogP contribution in [0.4, 0.5) is 0 Å². The van der Waals surface area contributed by atoms with Crippen LogP contribution in [-0.4, -0.2) is 26.4 Å². The summed E-state index contributed by atoms with van der Waals surface area (Å²) in [5, 5.41) is 3.40. The van der Waals surface area contributed by atoms with E-state index in [1.165, 1.54) is 11.1 Å². The number of benzene rings is 1. The van der Waals surface area contributed by atoms with Crippen LogP contribution >= 0.6 is 0 Å². The van der Waals surface area contributed by atoms with Crippen LogP contribution in [0.5, 0.6) is 5.75 Å². The molecule has 2 aliphatic heterocycles. The molecule has 0 amide bonds. The fourth-order valence-corrected chi connectivity index (χ4v) is 2.81. The van der Waals surface area contributed by atoms with Gasteiger partial charge in [0, 0.05) is 25.2 Å². The van der Waals surface area contributed by atoms with Crippen molar-refractivity contribution in [1.82, 2.24) is 5.32 Å². The molecule has 0 aliphatic carbocycles. The van der Waals surface area contributed by atoms with Gasteiger partial charge >= 0.3 is 0 Å². The summed E-state index contributed by atoms with van der Waals surface area (Å²) in [6, 6.07) is 6.52. The molecule has 3 heteroatoms. The fourth-order valence-electron chi connectivity index (χ4n) is 2.81. The summed E-state index contributed by atoms with van der Waals surface area (Å²) >= 11 is 0. The van der Waals surface area contributed by atoms with Gasteiger partial charge in [-0.2, -0.15) is 0 Å². The maximum absolute atomic E-state index is 6.04. The predicted molar refractivity (Wildman–Crippen MR) is 75.5 cm³/mol. The first-order chi connectivity index (χ1) is 9.25. The molecule has 1 aromatic carbocycles. The average Bonchev–Trinajstić information content (AvgIpc) is 2.46. The minimum Gasteiger partial charge on any atom is -0.493 e. The minimum absolute atomic E-state index is 0.274. The summed E-state index contributed by atoms with van der Waals surface area (Å²) in [6.45, 7) is 6.91. The van der Waals surface area contributed by atoms with Gasteiger partial charge in [0.1, 0.15) is 5.75 Å². The van der Waals surface area contributed by atoms with Gasteiger partial charge in [-0.1, -0.05) is 13.0 Å². The van der Waals surface area contributed by atoms with Gasteiger partial charge in [-0.3, -0.25) is 0 Å². The lowest BCUT2D eigenvalue weighted by Crippen LogP contribution is -2.32. The predicted octanol–water partition coefficient (Wildman–Crippen LogP) is 2.53. The van der Waals surface area contributed by atoms with Crippen molar-refractivity contribution in [2.24, 2.45) is 5.41 Å². The van der Waals surface area contributed by atoms with E-state index >= 15 is 0 Å². The highest BCUT2D eigenvalue weighted by Gasteiger charge is 2.28. The second-order valence-corrected chi connectivity index (χ2v) is 6.07. The van der Waals surface area contributed by atoms with E-state index in [9.17, 15) is 0 Å². The van der Waals surface area contributed by atoms with Gasteiger partial charge in [0.2, 0.25) is 0 Å². The molecule has 0 atom stereocenters.